The van der Waals surface area contributed by atoms with E-state index in [9.17, 15) is 5.11 Å². The minimum Gasteiger partial charge on any atom is -0.497 e. The fourth-order valence-electron chi connectivity index (χ4n) is 5.81. The first-order valence-electron chi connectivity index (χ1n) is 10.6. The van der Waals surface area contributed by atoms with Crippen molar-refractivity contribution in [1.82, 2.24) is 0 Å². The van der Waals surface area contributed by atoms with Gasteiger partial charge in [0.25, 0.3) is 0 Å². The second-order valence-electron chi connectivity index (χ2n) is 8.45. The van der Waals surface area contributed by atoms with E-state index in [-0.39, 0.29) is 11.8 Å². The monoisotopic (exact) mass is 396 g/mol. The first-order chi connectivity index (χ1) is 14.0. The topological polar surface area (TPSA) is 47.9 Å². The van der Waals surface area contributed by atoms with Gasteiger partial charge in [0.15, 0.2) is 0 Å². The molecule has 156 valence electrons. The van der Waals surface area contributed by atoms with Crippen LogP contribution in [0.2, 0.25) is 0 Å². The Morgan fingerprint density at radius 2 is 2.00 bits per heavy atom. The Labute approximate surface area is 173 Å². The molecule has 0 saturated carbocycles. The molecule has 0 fully saturated rings. The van der Waals surface area contributed by atoms with Crippen molar-refractivity contribution in [3.63, 3.8) is 0 Å². The highest BCUT2D eigenvalue weighted by Crippen LogP contribution is 2.61. The molecule has 0 bridgehead atoms. The van der Waals surface area contributed by atoms with E-state index in [1.165, 1.54) is 0 Å². The molecule has 1 aromatic carbocycles. The van der Waals surface area contributed by atoms with Gasteiger partial charge in [-0.25, -0.2) is 0 Å². The molecule has 0 radical (unpaired) electrons. The maximum Gasteiger partial charge on any atom is 0.237 e. The molecule has 4 heteroatoms. The molecule has 29 heavy (non-hydrogen) atoms. The minimum atomic E-state index is -1.06. The molecule has 0 spiro atoms. The highest BCUT2D eigenvalue weighted by molar-refractivity contribution is 5.52. The van der Waals surface area contributed by atoms with Crippen LogP contribution in [-0.4, -0.2) is 30.7 Å². The smallest absolute Gasteiger partial charge is 0.237 e. The molecule has 1 aliphatic heterocycles. The number of benzene rings is 1. The first-order valence-corrected chi connectivity index (χ1v) is 10.6. The van der Waals surface area contributed by atoms with Crippen molar-refractivity contribution in [2.45, 2.75) is 50.4 Å². The largest absolute Gasteiger partial charge is 0.497 e. The summed E-state index contributed by atoms with van der Waals surface area (Å²) in [6.45, 7) is 8.36. The molecular formula is C25H32O4. The van der Waals surface area contributed by atoms with E-state index in [1.54, 1.807) is 20.3 Å². The van der Waals surface area contributed by atoms with Gasteiger partial charge in [-0.05, 0) is 54.2 Å². The lowest BCUT2D eigenvalue weighted by Crippen LogP contribution is -2.59. The van der Waals surface area contributed by atoms with Crippen LogP contribution in [0, 0.1) is 17.8 Å². The van der Waals surface area contributed by atoms with E-state index in [2.05, 4.69) is 32.6 Å². The number of hydrogen-bond donors (Lipinski definition) is 1. The highest BCUT2D eigenvalue weighted by atomic mass is 16.7. The number of fused-ring (bicyclic) bond motifs is 2. The number of ether oxygens (including phenoxy) is 3. The van der Waals surface area contributed by atoms with Gasteiger partial charge in [-0.2, -0.15) is 0 Å². The Bertz CT molecular complexity index is 856. The SMILES string of the molecule is C=CC[C@]1(O)C=C[C@@]2(OC)Oc3ccc(OC)cc3[C@H]3[C@H](CC)C(CC)C=C1[C@H]32. The summed E-state index contributed by atoms with van der Waals surface area (Å²) in [6.07, 6.45) is 10.4. The average molecular weight is 397 g/mol. The van der Waals surface area contributed by atoms with Crippen molar-refractivity contribution in [2.75, 3.05) is 14.2 Å². The Balaban J connectivity index is 2.00. The Hall–Kier alpha value is -2.04. The number of methoxy groups -OCH3 is 2. The molecule has 2 aliphatic carbocycles. The lowest BCUT2D eigenvalue weighted by Gasteiger charge is -2.56. The lowest BCUT2D eigenvalue weighted by atomic mass is 9.55. The molecule has 4 nitrogen and oxygen atoms in total. The molecule has 6 atom stereocenters. The number of aliphatic hydroxyl groups is 1. The fourth-order valence-corrected chi connectivity index (χ4v) is 5.81. The second-order valence-corrected chi connectivity index (χ2v) is 8.45. The predicted octanol–water partition coefficient (Wildman–Crippen LogP) is 5.00. The van der Waals surface area contributed by atoms with Gasteiger partial charge in [0, 0.05) is 25.0 Å². The van der Waals surface area contributed by atoms with Crippen LogP contribution in [0.25, 0.3) is 0 Å². The molecular weight excluding hydrogens is 364 g/mol. The van der Waals surface area contributed by atoms with Crippen molar-refractivity contribution >= 4 is 0 Å². The van der Waals surface area contributed by atoms with Crippen molar-refractivity contribution in [3.8, 4) is 11.5 Å². The van der Waals surface area contributed by atoms with E-state index in [0.29, 0.717) is 18.3 Å². The molecule has 0 aromatic heterocycles. The Morgan fingerprint density at radius 1 is 1.21 bits per heavy atom. The van der Waals surface area contributed by atoms with Gasteiger partial charge in [0.05, 0.1) is 13.0 Å². The predicted molar refractivity (Wildman–Crippen MR) is 114 cm³/mol. The van der Waals surface area contributed by atoms with Crippen LogP contribution < -0.4 is 9.47 Å². The Morgan fingerprint density at radius 3 is 2.62 bits per heavy atom. The number of rotatable bonds is 6. The zero-order chi connectivity index (χ0) is 20.8. The molecule has 1 heterocycles. The second kappa shape index (κ2) is 7.33. The highest BCUT2D eigenvalue weighted by Gasteiger charge is 2.60. The summed E-state index contributed by atoms with van der Waals surface area (Å²) >= 11 is 0. The molecule has 0 amide bonds. The van der Waals surface area contributed by atoms with Crippen molar-refractivity contribution in [2.24, 2.45) is 17.8 Å². The van der Waals surface area contributed by atoms with Gasteiger partial charge in [-0.15, -0.1) is 6.58 Å². The van der Waals surface area contributed by atoms with E-state index >= 15 is 0 Å². The standard InChI is InChI=1S/C25H32O4/c1-6-11-24(26)12-13-25(28-5)23-20(24)14-16(7-2)18(8-3)22(23)19-15-17(27-4)9-10-21(19)29-25/h6,9-10,12-16,18,22-23,26H,1,7-8,11H2,2-5H3/t16?,18-,22-,23-,24+,25-/m1/s1. The number of hydrogen-bond acceptors (Lipinski definition) is 4. The van der Waals surface area contributed by atoms with Gasteiger partial charge in [-0.1, -0.05) is 32.4 Å². The normalized spacial score (nSPS) is 37.1. The van der Waals surface area contributed by atoms with Crippen molar-refractivity contribution in [1.29, 1.82) is 0 Å². The van der Waals surface area contributed by atoms with Crippen LogP contribution in [0.3, 0.4) is 0 Å². The quantitative estimate of drug-likeness (QED) is 0.688. The third-order valence-electron chi connectivity index (χ3n) is 7.19. The van der Waals surface area contributed by atoms with Gasteiger partial charge in [0.2, 0.25) is 5.79 Å². The van der Waals surface area contributed by atoms with Crippen LogP contribution in [0.5, 0.6) is 11.5 Å². The zero-order valence-electron chi connectivity index (χ0n) is 17.9. The lowest BCUT2D eigenvalue weighted by molar-refractivity contribution is -0.187. The van der Waals surface area contributed by atoms with Gasteiger partial charge in [-0.3, -0.25) is 0 Å². The van der Waals surface area contributed by atoms with Crippen LogP contribution in [-0.2, 0) is 4.74 Å². The van der Waals surface area contributed by atoms with Crippen molar-refractivity contribution < 1.29 is 19.3 Å². The third kappa shape index (κ3) is 2.88. The van der Waals surface area contributed by atoms with Crippen molar-refractivity contribution in [3.05, 3.63) is 60.2 Å². The minimum absolute atomic E-state index is 0.102. The third-order valence-corrected chi connectivity index (χ3v) is 7.19. The van der Waals surface area contributed by atoms with E-state index in [4.69, 9.17) is 14.2 Å². The molecule has 1 unspecified atom stereocenters. The first kappa shape index (κ1) is 20.2. The maximum absolute atomic E-state index is 11.6. The molecule has 0 saturated heterocycles. The Kier molecular flexibility index (Phi) is 5.12. The van der Waals surface area contributed by atoms with Gasteiger partial charge >= 0.3 is 0 Å². The molecule has 1 N–H and O–H groups in total. The van der Waals surface area contributed by atoms with Crippen LogP contribution >= 0.6 is 0 Å². The average Bonchev–Trinajstić information content (AvgIpc) is 2.75. The zero-order valence-corrected chi connectivity index (χ0v) is 17.9. The van der Waals surface area contributed by atoms with E-state index in [1.807, 2.05) is 24.3 Å². The van der Waals surface area contributed by atoms with E-state index < -0.39 is 11.4 Å². The van der Waals surface area contributed by atoms with E-state index in [0.717, 1.165) is 35.5 Å². The van der Waals surface area contributed by atoms with Gasteiger partial charge in [0.1, 0.15) is 17.1 Å². The van der Waals surface area contributed by atoms with Crippen LogP contribution in [0.1, 0.15) is 44.6 Å². The number of allylic oxidation sites excluding steroid dienone is 1. The molecule has 1 aromatic rings. The fraction of sp³-hybridized carbons (Fsp3) is 0.520. The summed E-state index contributed by atoms with van der Waals surface area (Å²) in [5.41, 5.74) is 1.09. The summed E-state index contributed by atoms with van der Waals surface area (Å²) in [5.74, 6) is 1.62. The summed E-state index contributed by atoms with van der Waals surface area (Å²) in [7, 11) is 3.38. The maximum atomic E-state index is 11.6. The van der Waals surface area contributed by atoms with Crippen LogP contribution in [0.15, 0.2) is 54.7 Å². The summed E-state index contributed by atoms with van der Waals surface area (Å²) in [5, 5.41) is 11.6. The molecule has 4 rings (SSSR count). The van der Waals surface area contributed by atoms with Gasteiger partial charge < -0.3 is 19.3 Å². The summed E-state index contributed by atoms with van der Waals surface area (Å²) in [4.78, 5) is 0. The van der Waals surface area contributed by atoms with Crippen LogP contribution in [0.4, 0.5) is 0 Å². The molecule has 3 aliphatic rings. The summed E-state index contributed by atoms with van der Waals surface area (Å²) < 4.78 is 18.1. The summed E-state index contributed by atoms with van der Waals surface area (Å²) in [6, 6.07) is 6.01.